The van der Waals surface area contributed by atoms with Gasteiger partial charge in [-0.3, -0.25) is 4.79 Å². The predicted octanol–water partition coefficient (Wildman–Crippen LogP) is 5.38. The maximum atomic E-state index is 12.3. The zero-order chi connectivity index (χ0) is 30.8. The summed E-state index contributed by atoms with van der Waals surface area (Å²) in [6.07, 6.45) is 14.6. The Labute approximate surface area is 252 Å². The summed E-state index contributed by atoms with van der Waals surface area (Å²) >= 11 is 0. The highest BCUT2D eigenvalue weighted by atomic mass is 16.5. The average molecular weight is 581 g/mol. The Hall–Kier alpha value is -2.27. The first kappa shape index (κ1) is 34.2. The first-order chi connectivity index (χ1) is 20.1. The van der Waals surface area contributed by atoms with Crippen LogP contribution in [0.5, 0.6) is 0 Å². The fraction of sp³-hybridized carbons (Fsp3) is 0.639. The van der Waals surface area contributed by atoms with E-state index in [0.717, 1.165) is 35.8 Å². The van der Waals surface area contributed by atoms with E-state index in [-0.39, 0.29) is 31.0 Å². The average Bonchev–Trinajstić information content (AvgIpc) is 3.30. The van der Waals surface area contributed by atoms with Crippen molar-refractivity contribution in [2.24, 2.45) is 23.2 Å². The highest BCUT2D eigenvalue weighted by molar-refractivity contribution is 5.74. The molecule has 4 N–H and O–H groups in total. The molecule has 0 saturated heterocycles. The van der Waals surface area contributed by atoms with Crippen LogP contribution in [0.3, 0.4) is 0 Å². The Morgan fingerprint density at radius 1 is 1.21 bits per heavy atom. The van der Waals surface area contributed by atoms with E-state index < -0.39 is 17.1 Å². The third-order valence-corrected chi connectivity index (χ3v) is 9.87. The second-order valence-electron chi connectivity index (χ2n) is 12.7. The van der Waals surface area contributed by atoms with Crippen molar-refractivity contribution < 1.29 is 30.0 Å². The zero-order valence-corrected chi connectivity index (χ0v) is 25.9. The molecule has 1 spiro atoms. The van der Waals surface area contributed by atoms with Gasteiger partial charge in [-0.2, -0.15) is 0 Å². The number of ether oxygens (including phenoxy) is 1. The standard InChI is InChI=1S/C36H52O6/c1-26-11-5-6-22-42-25-30(15-8-14-27(2)13-7-12-26)31-18-19-36(34(31)40)32(17-10-21-38)33(28(3)24-39)29(16-9-20-37)23-35(36,4)41/h8,12,14-15,24,29,31-32,34,37-38,40-41H,2,7,9-11,13,16-23,25H2,1,3-4H3. The van der Waals surface area contributed by atoms with Crippen LogP contribution in [0.4, 0.5) is 0 Å². The predicted molar refractivity (Wildman–Crippen MR) is 167 cm³/mol. The van der Waals surface area contributed by atoms with E-state index in [1.807, 2.05) is 32.1 Å². The monoisotopic (exact) mass is 580 g/mol. The Morgan fingerprint density at radius 3 is 2.67 bits per heavy atom. The molecule has 6 heteroatoms. The second kappa shape index (κ2) is 16.0. The molecule has 0 amide bonds. The molecule has 0 aromatic heterocycles. The number of carbonyl (C=O) groups is 1. The van der Waals surface area contributed by atoms with Crippen LogP contribution in [0.15, 0.2) is 58.7 Å². The van der Waals surface area contributed by atoms with Crippen molar-refractivity contribution in [1.29, 1.82) is 0 Å². The van der Waals surface area contributed by atoms with Crippen molar-refractivity contribution in [2.45, 2.75) is 96.7 Å². The minimum Gasteiger partial charge on any atom is -0.396 e. The summed E-state index contributed by atoms with van der Waals surface area (Å²) in [5.41, 5.74) is 2.71. The van der Waals surface area contributed by atoms with Gasteiger partial charge in [-0.15, -0.1) is 0 Å². The maximum Gasteiger partial charge on any atom is 0.145 e. The molecule has 6 atom stereocenters. The first-order valence-electron chi connectivity index (χ1n) is 15.6. The molecule has 232 valence electrons. The first-order valence-corrected chi connectivity index (χ1v) is 15.6. The third kappa shape index (κ3) is 7.81. The Balaban J connectivity index is 2.02. The van der Waals surface area contributed by atoms with E-state index in [9.17, 15) is 25.2 Å². The van der Waals surface area contributed by atoms with Gasteiger partial charge in [-0.25, -0.2) is 0 Å². The van der Waals surface area contributed by atoms with Gasteiger partial charge in [-0.1, -0.05) is 59.4 Å². The summed E-state index contributed by atoms with van der Waals surface area (Å²) in [4.78, 5) is 12.2. The number of rotatable bonds is 8. The van der Waals surface area contributed by atoms with Crippen LogP contribution in [0, 0.1) is 35.0 Å². The van der Waals surface area contributed by atoms with Crippen molar-refractivity contribution in [1.82, 2.24) is 0 Å². The Kier molecular flexibility index (Phi) is 13.0. The minimum absolute atomic E-state index is 0.00722. The SMILES string of the molecule is C=C1C=CC=C(C2CCC3(C(CCCO)C(=C(C)C=O)C(CCCO)CC3(C)O)C2O)COCC#CCC(C)=CCC1. The van der Waals surface area contributed by atoms with Crippen molar-refractivity contribution in [3.63, 3.8) is 0 Å². The molecule has 3 aliphatic rings. The van der Waals surface area contributed by atoms with Gasteiger partial charge in [0.05, 0.1) is 18.3 Å². The third-order valence-electron chi connectivity index (χ3n) is 9.87. The Bertz CT molecular complexity index is 1130. The number of aldehydes is 1. The number of carbonyl (C=O) groups excluding carboxylic acids is 1. The molecule has 0 bridgehead atoms. The lowest BCUT2D eigenvalue weighted by atomic mass is 9.49. The van der Waals surface area contributed by atoms with Crippen molar-refractivity contribution >= 4 is 6.29 Å². The molecule has 0 aromatic carbocycles. The summed E-state index contributed by atoms with van der Waals surface area (Å²) in [6.45, 7) is 10.6. The lowest BCUT2D eigenvalue weighted by molar-refractivity contribution is -0.177. The van der Waals surface area contributed by atoms with Crippen LogP contribution in [-0.4, -0.2) is 64.8 Å². The van der Waals surface area contributed by atoms with Gasteiger partial charge >= 0.3 is 0 Å². The lowest BCUT2D eigenvalue weighted by Gasteiger charge is -2.58. The van der Waals surface area contributed by atoms with Crippen molar-refractivity contribution in [3.8, 4) is 11.8 Å². The molecule has 3 rings (SSSR count). The molecular weight excluding hydrogens is 528 g/mol. The molecule has 42 heavy (non-hydrogen) atoms. The van der Waals surface area contributed by atoms with E-state index in [1.54, 1.807) is 0 Å². The molecule has 1 aliphatic heterocycles. The van der Waals surface area contributed by atoms with Crippen LogP contribution in [0.25, 0.3) is 0 Å². The summed E-state index contributed by atoms with van der Waals surface area (Å²) in [5.74, 6) is 5.68. The number of hydrogen-bond acceptors (Lipinski definition) is 6. The molecule has 2 fully saturated rings. The van der Waals surface area contributed by atoms with Crippen LogP contribution in [-0.2, 0) is 9.53 Å². The smallest absolute Gasteiger partial charge is 0.145 e. The van der Waals surface area contributed by atoms with Gasteiger partial charge in [0.1, 0.15) is 12.9 Å². The van der Waals surface area contributed by atoms with Gasteiger partial charge in [-0.05, 0) is 102 Å². The van der Waals surface area contributed by atoms with Crippen LogP contribution in [0.2, 0.25) is 0 Å². The summed E-state index contributed by atoms with van der Waals surface area (Å²) < 4.78 is 6.00. The molecular formula is C36H52O6. The number of aliphatic hydroxyl groups excluding tert-OH is 3. The number of allylic oxidation sites excluding steroid dienone is 8. The fourth-order valence-electron chi connectivity index (χ4n) is 7.82. The molecule has 2 aliphatic carbocycles. The van der Waals surface area contributed by atoms with Crippen LogP contribution in [0.1, 0.15) is 85.0 Å². The number of aliphatic hydroxyl groups is 4. The van der Waals surface area contributed by atoms with Gasteiger partial charge in [0.15, 0.2) is 0 Å². The van der Waals surface area contributed by atoms with Gasteiger partial charge in [0.2, 0.25) is 0 Å². The van der Waals surface area contributed by atoms with Gasteiger partial charge in [0.25, 0.3) is 0 Å². The highest BCUT2D eigenvalue weighted by Gasteiger charge is 2.65. The van der Waals surface area contributed by atoms with Crippen LogP contribution >= 0.6 is 0 Å². The topological polar surface area (TPSA) is 107 Å². The fourth-order valence-corrected chi connectivity index (χ4v) is 7.82. The van der Waals surface area contributed by atoms with Gasteiger partial charge < -0.3 is 25.2 Å². The summed E-state index contributed by atoms with van der Waals surface area (Å²) in [6, 6.07) is 0. The molecule has 2 saturated carbocycles. The lowest BCUT2D eigenvalue weighted by Crippen LogP contribution is -2.61. The van der Waals surface area contributed by atoms with Crippen LogP contribution < -0.4 is 0 Å². The van der Waals surface area contributed by atoms with E-state index in [1.165, 1.54) is 5.57 Å². The normalized spacial score (nSPS) is 34.1. The maximum absolute atomic E-state index is 12.3. The molecule has 0 radical (unpaired) electrons. The molecule has 6 nitrogen and oxygen atoms in total. The van der Waals surface area contributed by atoms with E-state index >= 15 is 0 Å². The van der Waals surface area contributed by atoms with E-state index in [2.05, 4.69) is 31.4 Å². The molecule has 1 heterocycles. The quantitative estimate of drug-likeness (QED) is 0.133. The Morgan fingerprint density at radius 2 is 1.95 bits per heavy atom. The summed E-state index contributed by atoms with van der Waals surface area (Å²) in [5, 5.41) is 43.9. The van der Waals surface area contributed by atoms with Crippen molar-refractivity contribution in [2.75, 3.05) is 26.4 Å². The van der Waals surface area contributed by atoms with Crippen molar-refractivity contribution in [3.05, 3.63) is 58.7 Å². The molecule has 0 aromatic rings. The highest BCUT2D eigenvalue weighted by Crippen LogP contribution is 2.64. The summed E-state index contributed by atoms with van der Waals surface area (Å²) in [7, 11) is 0. The van der Waals surface area contributed by atoms with E-state index in [4.69, 9.17) is 4.74 Å². The zero-order valence-electron chi connectivity index (χ0n) is 25.9. The molecule has 6 unspecified atom stereocenters. The minimum atomic E-state index is -1.21. The second-order valence-corrected chi connectivity index (χ2v) is 12.7. The van der Waals surface area contributed by atoms with Gasteiger partial charge in [0, 0.05) is 31.0 Å². The largest absolute Gasteiger partial charge is 0.396 e. The van der Waals surface area contributed by atoms with E-state index in [0.29, 0.717) is 70.2 Å². The number of hydrogen-bond donors (Lipinski definition) is 4.